The first-order chi connectivity index (χ1) is 8.43. The van der Waals surface area contributed by atoms with Gasteiger partial charge < -0.3 is 0 Å². The van der Waals surface area contributed by atoms with Crippen molar-refractivity contribution in [2.24, 2.45) is 0 Å². The molecular weight excluding hydrogens is 316 g/mol. The van der Waals surface area contributed by atoms with Crippen LogP contribution >= 0.6 is 15.9 Å². The highest BCUT2D eigenvalue weighted by Crippen LogP contribution is 2.26. The Labute approximate surface area is 116 Å². The molecule has 0 aliphatic carbocycles. The molecule has 0 radical (unpaired) electrons. The summed E-state index contributed by atoms with van der Waals surface area (Å²) in [4.78, 5) is 0.243. The van der Waals surface area contributed by atoms with Gasteiger partial charge in [-0.3, -0.25) is 0 Å². The van der Waals surface area contributed by atoms with Crippen molar-refractivity contribution in [3.63, 3.8) is 0 Å². The molecule has 0 N–H and O–H groups in total. The topological polar surface area (TPSA) is 61.2 Å². The van der Waals surface area contributed by atoms with Gasteiger partial charge in [-0.05, 0) is 40.5 Å². The Kier molecular flexibility index (Phi) is 5.32. The van der Waals surface area contributed by atoms with E-state index in [1.165, 1.54) is 4.31 Å². The lowest BCUT2D eigenvalue weighted by Gasteiger charge is -2.20. The quantitative estimate of drug-likeness (QED) is 0.833. The van der Waals surface area contributed by atoms with Gasteiger partial charge in [-0.2, -0.15) is 9.57 Å². The normalized spacial score (nSPS) is 11.5. The average Bonchev–Trinajstić information content (AvgIpc) is 2.29. The molecule has 0 aliphatic heterocycles. The van der Waals surface area contributed by atoms with E-state index in [1.807, 2.05) is 13.0 Å². The summed E-state index contributed by atoms with van der Waals surface area (Å²) in [6.07, 6.45) is 0.191. The zero-order chi connectivity index (χ0) is 13.8. The Morgan fingerprint density at radius 2 is 2.11 bits per heavy atom. The fourth-order valence-electron chi connectivity index (χ4n) is 1.58. The highest BCUT2D eigenvalue weighted by molar-refractivity contribution is 9.10. The van der Waals surface area contributed by atoms with Crippen molar-refractivity contribution >= 4 is 26.0 Å². The Morgan fingerprint density at radius 1 is 1.44 bits per heavy atom. The third-order valence-corrected chi connectivity index (χ3v) is 5.48. The van der Waals surface area contributed by atoms with Crippen LogP contribution in [0.1, 0.15) is 18.9 Å². The van der Waals surface area contributed by atoms with Crippen molar-refractivity contribution in [2.75, 3.05) is 13.1 Å². The number of nitriles is 1. The smallest absolute Gasteiger partial charge is 0.207 e. The lowest BCUT2D eigenvalue weighted by atomic mass is 10.2. The molecule has 0 fully saturated rings. The standard InChI is InChI=1S/C12H15BrN2O2S/c1-3-15(8-4-7-14)18(16,17)12-6-5-10(2)9-11(12)13/h5-6,9H,3-4,8H2,1-2H3. The molecule has 0 saturated heterocycles. The van der Waals surface area contributed by atoms with E-state index in [0.29, 0.717) is 11.0 Å². The van der Waals surface area contributed by atoms with Gasteiger partial charge in [-0.15, -0.1) is 0 Å². The molecule has 0 saturated carbocycles. The maximum Gasteiger partial charge on any atom is 0.244 e. The Hall–Kier alpha value is -0.900. The summed E-state index contributed by atoms with van der Waals surface area (Å²) in [7, 11) is -3.54. The van der Waals surface area contributed by atoms with Crippen LogP contribution in [0.2, 0.25) is 0 Å². The van der Waals surface area contributed by atoms with Crippen molar-refractivity contribution in [1.82, 2.24) is 4.31 Å². The van der Waals surface area contributed by atoms with Crippen molar-refractivity contribution < 1.29 is 8.42 Å². The fraction of sp³-hybridized carbons (Fsp3) is 0.417. The van der Waals surface area contributed by atoms with Crippen molar-refractivity contribution in [1.29, 1.82) is 5.26 Å². The van der Waals surface area contributed by atoms with Crippen LogP contribution in [-0.2, 0) is 10.0 Å². The minimum Gasteiger partial charge on any atom is -0.207 e. The first-order valence-corrected chi connectivity index (χ1v) is 7.80. The van der Waals surface area contributed by atoms with E-state index in [4.69, 9.17) is 5.26 Å². The molecule has 1 aromatic rings. The summed E-state index contributed by atoms with van der Waals surface area (Å²) < 4.78 is 26.6. The first kappa shape index (κ1) is 15.2. The van der Waals surface area contributed by atoms with Gasteiger partial charge in [0.25, 0.3) is 0 Å². The summed E-state index contributed by atoms with van der Waals surface area (Å²) in [6, 6.07) is 7.08. The molecule has 0 bridgehead atoms. The van der Waals surface area contributed by atoms with Gasteiger partial charge in [0.2, 0.25) is 10.0 Å². The van der Waals surface area contributed by atoms with Gasteiger partial charge in [0.1, 0.15) is 0 Å². The van der Waals surface area contributed by atoms with Crippen LogP contribution in [0.4, 0.5) is 0 Å². The predicted octanol–water partition coefficient (Wildman–Crippen LogP) is 2.68. The van der Waals surface area contributed by atoms with Crippen molar-refractivity contribution in [2.45, 2.75) is 25.2 Å². The molecular formula is C12H15BrN2O2S. The number of sulfonamides is 1. The second kappa shape index (κ2) is 6.32. The van der Waals surface area contributed by atoms with Crippen LogP contribution in [-0.4, -0.2) is 25.8 Å². The Morgan fingerprint density at radius 3 is 2.61 bits per heavy atom. The highest BCUT2D eigenvalue weighted by atomic mass is 79.9. The number of rotatable bonds is 5. The summed E-state index contributed by atoms with van der Waals surface area (Å²) in [5.41, 5.74) is 0.987. The van der Waals surface area contributed by atoms with E-state index in [0.717, 1.165) is 5.56 Å². The summed E-state index contributed by atoms with van der Waals surface area (Å²) >= 11 is 3.28. The fourth-order valence-corrected chi connectivity index (χ4v) is 4.18. The minimum absolute atomic E-state index is 0.191. The largest absolute Gasteiger partial charge is 0.244 e. The van der Waals surface area contributed by atoms with Gasteiger partial charge in [0.15, 0.2) is 0 Å². The number of halogens is 1. The van der Waals surface area contributed by atoms with Crippen LogP contribution in [0.5, 0.6) is 0 Å². The van der Waals surface area contributed by atoms with Gasteiger partial charge in [0.05, 0.1) is 11.0 Å². The molecule has 0 atom stereocenters. The lowest BCUT2D eigenvalue weighted by molar-refractivity contribution is 0.434. The molecule has 0 unspecified atom stereocenters. The molecule has 0 amide bonds. The monoisotopic (exact) mass is 330 g/mol. The molecule has 0 aliphatic rings. The zero-order valence-corrected chi connectivity index (χ0v) is 12.8. The maximum absolute atomic E-state index is 12.4. The number of hydrogen-bond acceptors (Lipinski definition) is 3. The molecule has 6 heteroatoms. The first-order valence-electron chi connectivity index (χ1n) is 5.56. The number of hydrogen-bond donors (Lipinski definition) is 0. The van der Waals surface area contributed by atoms with Crippen LogP contribution < -0.4 is 0 Å². The Bertz CT molecular complexity index is 564. The van der Waals surface area contributed by atoms with E-state index in [-0.39, 0.29) is 17.9 Å². The summed E-state index contributed by atoms with van der Waals surface area (Å²) in [6.45, 7) is 4.23. The van der Waals surface area contributed by atoms with Gasteiger partial charge in [-0.1, -0.05) is 13.0 Å². The van der Waals surface area contributed by atoms with E-state index >= 15 is 0 Å². The second-order valence-corrected chi connectivity index (χ2v) is 6.60. The average molecular weight is 331 g/mol. The third-order valence-electron chi connectivity index (χ3n) is 2.53. The summed E-state index contributed by atoms with van der Waals surface area (Å²) in [5, 5.41) is 8.56. The van der Waals surface area contributed by atoms with E-state index in [1.54, 1.807) is 25.1 Å². The maximum atomic E-state index is 12.4. The van der Waals surface area contributed by atoms with Crippen LogP contribution in [0.15, 0.2) is 27.6 Å². The minimum atomic E-state index is -3.54. The van der Waals surface area contributed by atoms with Gasteiger partial charge in [-0.25, -0.2) is 8.42 Å². The number of nitrogens with zero attached hydrogens (tertiary/aromatic N) is 2. The van der Waals surface area contributed by atoms with Gasteiger partial charge >= 0.3 is 0 Å². The van der Waals surface area contributed by atoms with E-state index in [2.05, 4.69) is 15.9 Å². The molecule has 1 aromatic carbocycles. The molecule has 0 aromatic heterocycles. The molecule has 98 valence electrons. The third kappa shape index (κ3) is 3.31. The predicted molar refractivity (Wildman–Crippen MR) is 73.5 cm³/mol. The Balaban J connectivity index is 3.15. The molecule has 0 spiro atoms. The van der Waals surface area contributed by atoms with Crippen LogP contribution in [0.3, 0.4) is 0 Å². The van der Waals surface area contributed by atoms with Crippen LogP contribution in [0, 0.1) is 18.3 Å². The number of aryl methyl sites for hydroxylation is 1. The molecule has 18 heavy (non-hydrogen) atoms. The SMILES string of the molecule is CCN(CCC#N)S(=O)(=O)c1ccc(C)cc1Br. The zero-order valence-electron chi connectivity index (χ0n) is 10.4. The van der Waals surface area contributed by atoms with Gasteiger partial charge in [0, 0.05) is 24.0 Å². The second-order valence-electron chi connectivity index (χ2n) is 3.84. The molecule has 0 heterocycles. The lowest BCUT2D eigenvalue weighted by Crippen LogP contribution is -2.32. The van der Waals surface area contributed by atoms with Crippen LogP contribution in [0.25, 0.3) is 0 Å². The van der Waals surface area contributed by atoms with Crippen molar-refractivity contribution in [3.8, 4) is 6.07 Å². The van der Waals surface area contributed by atoms with E-state index < -0.39 is 10.0 Å². The molecule has 4 nitrogen and oxygen atoms in total. The summed E-state index contributed by atoms with van der Waals surface area (Å²) in [5.74, 6) is 0. The number of benzene rings is 1. The highest BCUT2D eigenvalue weighted by Gasteiger charge is 2.24. The molecule has 1 rings (SSSR count). The van der Waals surface area contributed by atoms with Crippen molar-refractivity contribution in [3.05, 3.63) is 28.2 Å². The van der Waals surface area contributed by atoms with E-state index in [9.17, 15) is 8.42 Å².